The van der Waals surface area contributed by atoms with Crippen molar-refractivity contribution in [2.24, 2.45) is 17.8 Å². The molecular weight excluding hydrogens is 252 g/mol. The Balaban J connectivity index is 1.82. The lowest BCUT2D eigenvalue weighted by atomic mass is 9.71. The van der Waals surface area contributed by atoms with Crippen LogP contribution in [0.3, 0.4) is 0 Å². The Kier molecular flexibility index (Phi) is 4.43. The normalized spacial score (nSPS) is 38.3. The molecule has 2 aliphatic rings. The first kappa shape index (κ1) is 14.0. The molecule has 2 saturated carbocycles. The fourth-order valence-corrected chi connectivity index (χ4v) is 4.48. The largest absolute Gasteiger partial charge is 0.303 e. The highest BCUT2D eigenvalue weighted by Crippen LogP contribution is 2.40. The first-order valence-electron chi connectivity index (χ1n) is 6.92. The third-order valence-electron chi connectivity index (χ3n) is 4.82. The van der Waals surface area contributed by atoms with Crippen molar-refractivity contribution in [2.75, 3.05) is 0 Å². The molecule has 0 aliphatic heterocycles. The third kappa shape index (κ3) is 3.32. The van der Waals surface area contributed by atoms with Gasteiger partial charge in [0, 0.05) is 5.92 Å². The minimum absolute atomic E-state index is 0.246. The lowest BCUT2D eigenvalue weighted by Gasteiger charge is -2.36. The van der Waals surface area contributed by atoms with E-state index in [1.807, 2.05) is 0 Å². The van der Waals surface area contributed by atoms with Crippen LogP contribution >= 0.6 is 0 Å². The van der Waals surface area contributed by atoms with Crippen LogP contribution in [0.4, 0.5) is 0 Å². The van der Waals surface area contributed by atoms with Gasteiger partial charge in [0.05, 0.1) is 5.25 Å². The second kappa shape index (κ2) is 5.70. The average Bonchev–Trinajstić information content (AvgIpc) is 2.38. The highest BCUT2D eigenvalue weighted by atomic mass is 32.2. The zero-order chi connectivity index (χ0) is 13.2. The highest BCUT2D eigenvalue weighted by Gasteiger charge is 2.34. The zero-order valence-electron chi connectivity index (χ0n) is 10.6. The molecule has 0 amide bonds. The van der Waals surface area contributed by atoms with Gasteiger partial charge < -0.3 is 4.79 Å². The lowest BCUT2D eigenvalue weighted by Crippen LogP contribution is -2.31. The first-order valence-corrected chi connectivity index (χ1v) is 8.42. The summed E-state index contributed by atoms with van der Waals surface area (Å²) in [7, 11) is -3.84. The van der Waals surface area contributed by atoms with E-state index in [0.717, 1.165) is 44.8 Å². The van der Waals surface area contributed by atoms with Crippen LogP contribution in [0.15, 0.2) is 0 Å². The fraction of sp³-hybridized carbons (Fsp3) is 0.923. The van der Waals surface area contributed by atoms with E-state index >= 15 is 0 Å². The molecule has 18 heavy (non-hydrogen) atoms. The predicted molar refractivity (Wildman–Crippen MR) is 68.8 cm³/mol. The predicted octanol–water partition coefficient (Wildman–Crippen LogP) is 2.44. The summed E-state index contributed by atoms with van der Waals surface area (Å²) in [5, 5.41) is -0.542. The maximum Gasteiger partial charge on any atom is 0.267 e. The summed E-state index contributed by atoms with van der Waals surface area (Å²) in [6.45, 7) is 0. The number of hydrogen-bond acceptors (Lipinski definition) is 3. The Morgan fingerprint density at radius 2 is 1.28 bits per heavy atom. The van der Waals surface area contributed by atoms with Gasteiger partial charge in [-0.2, -0.15) is 8.42 Å². The molecule has 104 valence electrons. The van der Waals surface area contributed by atoms with Gasteiger partial charge in [-0.25, -0.2) is 0 Å². The van der Waals surface area contributed by atoms with Gasteiger partial charge in [-0.1, -0.05) is 0 Å². The quantitative estimate of drug-likeness (QED) is 0.634. The average molecular weight is 274 g/mol. The third-order valence-corrected chi connectivity index (χ3v) is 6.13. The summed E-state index contributed by atoms with van der Waals surface area (Å²) in [6.07, 6.45) is 8.26. The van der Waals surface area contributed by atoms with E-state index in [4.69, 9.17) is 4.55 Å². The van der Waals surface area contributed by atoms with E-state index < -0.39 is 15.4 Å². The van der Waals surface area contributed by atoms with Crippen molar-refractivity contribution in [2.45, 2.75) is 56.6 Å². The molecule has 0 atom stereocenters. The number of carbonyl (C=O) groups excluding carboxylic acids is 1. The molecule has 0 saturated heterocycles. The van der Waals surface area contributed by atoms with Crippen LogP contribution in [-0.2, 0) is 14.9 Å². The van der Waals surface area contributed by atoms with Gasteiger partial charge in [-0.3, -0.25) is 4.55 Å². The summed E-state index contributed by atoms with van der Waals surface area (Å²) in [5.41, 5.74) is 0. The maximum absolute atomic E-state index is 11.1. The number of hydrogen-bond donors (Lipinski definition) is 1. The molecule has 2 aliphatic carbocycles. The van der Waals surface area contributed by atoms with Gasteiger partial charge in [0.2, 0.25) is 0 Å². The van der Waals surface area contributed by atoms with Crippen molar-refractivity contribution in [3.63, 3.8) is 0 Å². The molecule has 0 aromatic heterocycles. The molecule has 0 aromatic carbocycles. The van der Waals surface area contributed by atoms with Crippen molar-refractivity contribution < 1.29 is 17.8 Å². The molecule has 0 spiro atoms. The summed E-state index contributed by atoms with van der Waals surface area (Å²) in [6, 6.07) is 0. The van der Waals surface area contributed by atoms with E-state index in [2.05, 4.69) is 0 Å². The van der Waals surface area contributed by atoms with Gasteiger partial charge in [-0.15, -0.1) is 0 Å². The molecule has 0 heterocycles. The molecule has 1 N–H and O–H groups in total. The van der Waals surface area contributed by atoms with Crippen molar-refractivity contribution in [1.82, 2.24) is 0 Å². The van der Waals surface area contributed by atoms with Crippen molar-refractivity contribution in [3.8, 4) is 0 Å². The Hall–Kier alpha value is -0.420. The van der Waals surface area contributed by atoms with Gasteiger partial charge in [0.1, 0.15) is 6.29 Å². The first-order chi connectivity index (χ1) is 8.50. The molecule has 5 heteroatoms. The van der Waals surface area contributed by atoms with Crippen LogP contribution in [0.5, 0.6) is 0 Å². The van der Waals surface area contributed by atoms with E-state index in [-0.39, 0.29) is 5.92 Å². The minimum atomic E-state index is -3.84. The molecule has 0 unspecified atom stereocenters. The minimum Gasteiger partial charge on any atom is -0.303 e. The van der Waals surface area contributed by atoms with Crippen LogP contribution in [0.25, 0.3) is 0 Å². The molecule has 4 nitrogen and oxygen atoms in total. The Labute approximate surface area is 109 Å². The van der Waals surface area contributed by atoms with Gasteiger partial charge in [0.15, 0.2) is 0 Å². The van der Waals surface area contributed by atoms with E-state index in [1.54, 1.807) is 0 Å². The molecule has 0 aromatic rings. The highest BCUT2D eigenvalue weighted by molar-refractivity contribution is 7.86. The SMILES string of the molecule is O=CC1CCC(C2CCC(S(=O)(=O)O)CC2)CC1. The molecular formula is C13H22O4S. The molecule has 0 bridgehead atoms. The Morgan fingerprint density at radius 1 is 0.833 bits per heavy atom. The molecule has 2 fully saturated rings. The Bertz CT molecular complexity index is 374. The van der Waals surface area contributed by atoms with Gasteiger partial charge in [0.25, 0.3) is 10.1 Å². The van der Waals surface area contributed by atoms with Crippen molar-refractivity contribution >= 4 is 16.4 Å². The van der Waals surface area contributed by atoms with Crippen LogP contribution in [0.2, 0.25) is 0 Å². The van der Waals surface area contributed by atoms with Crippen LogP contribution < -0.4 is 0 Å². The van der Waals surface area contributed by atoms with Crippen molar-refractivity contribution in [1.29, 1.82) is 0 Å². The van der Waals surface area contributed by atoms with Crippen LogP contribution in [0, 0.1) is 17.8 Å². The monoisotopic (exact) mass is 274 g/mol. The standard InChI is InChI=1S/C13H22O4S/c14-9-10-1-3-11(4-2-10)12-5-7-13(8-6-12)18(15,16)17/h9-13H,1-8H2,(H,15,16,17). The summed E-state index contributed by atoms with van der Waals surface area (Å²) >= 11 is 0. The molecule has 2 rings (SSSR count). The van der Waals surface area contributed by atoms with Crippen molar-refractivity contribution in [3.05, 3.63) is 0 Å². The lowest BCUT2D eigenvalue weighted by molar-refractivity contribution is -0.112. The van der Waals surface area contributed by atoms with E-state index in [9.17, 15) is 13.2 Å². The fourth-order valence-electron chi connectivity index (χ4n) is 3.61. The maximum atomic E-state index is 11.1. The summed E-state index contributed by atoms with van der Waals surface area (Å²) in [4.78, 5) is 10.7. The van der Waals surface area contributed by atoms with E-state index in [1.165, 1.54) is 0 Å². The van der Waals surface area contributed by atoms with Gasteiger partial charge in [-0.05, 0) is 63.2 Å². The second-order valence-corrected chi connectivity index (χ2v) is 7.56. The van der Waals surface area contributed by atoms with Crippen LogP contribution in [-0.4, -0.2) is 24.5 Å². The summed E-state index contributed by atoms with van der Waals surface area (Å²) in [5.74, 6) is 1.49. The number of rotatable bonds is 3. The topological polar surface area (TPSA) is 71.4 Å². The van der Waals surface area contributed by atoms with Crippen LogP contribution in [0.1, 0.15) is 51.4 Å². The number of aldehydes is 1. The number of carbonyl (C=O) groups is 1. The van der Waals surface area contributed by atoms with E-state index in [0.29, 0.717) is 24.7 Å². The second-order valence-electron chi connectivity index (χ2n) is 5.86. The molecule has 0 radical (unpaired) electrons. The zero-order valence-corrected chi connectivity index (χ0v) is 11.4. The summed E-state index contributed by atoms with van der Waals surface area (Å²) < 4.78 is 31.2. The Morgan fingerprint density at radius 3 is 1.67 bits per heavy atom. The smallest absolute Gasteiger partial charge is 0.267 e. The van der Waals surface area contributed by atoms with Gasteiger partial charge >= 0.3 is 0 Å².